The van der Waals surface area contributed by atoms with Crippen LogP contribution in [0.25, 0.3) is 0 Å². The molecular formula is C8H14. The molecule has 2 saturated carbocycles. The predicted octanol–water partition coefficient (Wildman–Crippen LogP) is 2.44. The van der Waals surface area contributed by atoms with Crippen molar-refractivity contribution >= 4 is 0 Å². The Morgan fingerprint density at radius 2 is 1.50 bits per heavy atom. The van der Waals surface area contributed by atoms with Gasteiger partial charge in [-0.25, -0.2) is 0 Å². The fourth-order valence-corrected chi connectivity index (χ4v) is 2.35. The summed E-state index contributed by atoms with van der Waals surface area (Å²) in [6.45, 7) is 2.42. The molecule has 2 aliphatic rings. The molecule has 2 unspecified atom stereocenters. The minimum Gasteiger partial charge on any atom is -0.0620 e. The van der Waals surface area contributed by atoms with Crippen molar-refractivity contribution in [3.63, 3.8) is 0 Å². The van der Waals surface area contributed by atoms with E-state index >= 15 is 0 Å². The van der Waals surface area contributed by atoms with Gasteiger partial charge >= 0.3 is 0 Å². The molecule has 2 fully saturated rings. The molecule has 0 aromatic carbocycles. The average Bonchev–Trinajstić information content (AvgIpc) is 2.46. The predicted molar refractivity (Wildman–Crippen MR) is 34.6 cm³/mol. The van der Waals surface area contributed by atoms with Gasteiger partial charge in [0.25, 0.3) is 0 Å². The third-order valence-electron chi connectivity index (χ3n) is 3.08. The van der Waals surface area contributed by atoms with E-state index in [1.807, 2.05) is 0 Å². The van der Waals surface area contributed by atoms with Crippen LogP contribution in [-0.2, 0) is 0 Å². The molecular weight excluding hydrogens is 96.1 g/mol. The molecule has 0 heterocycles. The minimum atomic E-state index is 1.11. The summed E-state index contributed by atoms with van der Waals surface area (Å²) in [6, 6.07) is 0. The van der Waals surface area contributed by atoms with E-state index in [1.54, 1.807) is 12.8 Å². The van der Waals surface area contributed by atoms with Crippen LogP contribution in [0, 0.1) is 17.8 Å². The van der Waals surface area contributed by atoms with Gasteiger partial charge < -0.3 is 0 Å². The standard InChI is InChI=1S/C8H14/c1-6-7-4-2-3-5-8(6)7/h6-8H,2-5H2,1H3/t6?,7-,8?/m1/s1. The second-order valence-corrected chi connectivity index (χ2v) is 3.47. The first kappa shape index (κ1) is 4.84. The molecule has 0 amide bonds. The van der Waals surface area contributed by atoms with Gasteiger partial charge in [-0.3, -0.25) is 0 Å². The van der Waals surface area contributed by atoms with Crippen molar-refractivity contribution in [3.05, 3.63) is 0 Å². The van der Waals surface area contributed by atoms with Crippen LogP contribution in [-0.4, -0.2) is 0 Å². The van der Waals surface area contributed by atoms with E-state index in [1.165, 1.54) is 24.7 Å². The highest BCUT2D eigenvalue weighted by molar-refractivity contribution is 4.95. The van der Waals surface area contributed by atoms with Crippen molar-refractivity contribution in [2.24, 2.45) is 17.8 Å². The summed E-state index contributed by atoms with van der Waals surface area (Å²) in [5, 5.41) is 0. The molecule has 0 aliphatic heterocycles. The SMILES string of the molecule is CC1C2CCCC[C@H]12. The molecule has 0 aromatic heterocycles. The normalized spacial score (nSPS) is 52.9. The first-order valence-electron chi connectivity index (χ1n) is 3.89. The third kappa shape index (κ3) is 0.519. The van der Waals surface area contributed by atoms with Crippen LogP contribution < -0.4 is 0 Å². The number of fused-ring (bicyclic) bond motifs is 1. The van der Waals surface area contributed by atoms with Crippen molar-refractivity contribution in [1.29, 1.82) is 0 Å². The highest BCUT2D eigenvalue weighted by Gasteiger charge is 2.46. The monoisotopic (exact) mass is 110 g/mol. The summed E-state index contributed by atoms with van der Waals surface area (Å²) >= 11 is 0. The Hall–Kier alpha value is 0. The zero-order chi connectivity index (χ0) is 5.56. The van der Waals surface area contributed by atoms with Gasteiger partial charge in [-0.15, -0.1) is 0 Å². The van der Waals surface area contributed by atoms with Crippen molar-refractivity contribution < 1.29 is 0 Å². The van der Waals surface area contributed by atoms with E-state index in [9.17, 15) is 0 Å². The van der Waals surface area contributed by atoms with Crippen LogP contribution in [0.3, 0.4) is 0 Å². The molecule has 0 heteroatoms. The van der Waals surface area contributed by atoms with Gasteiger partial charge in [-0.2, -0.15) is 0 Å². The Bertz CT molecular complexity index is 84.2. The molecule has 3 atom stereocenters. The molecule has 2 rings (SSSR count). The van der Waals surface area contributed by atoms with Gasteiger partial charge in [0.05, 0.1) is 0 Å². The van der Waals surface area contributed by atoms with Gasteiger partial charge in [0.1, 0.15) is 0 Å². The van der Waals surface area contributed by atoms with E-state index in [0.717, 1.165) is 5.92 Å². The second kappa shape index (κ2) is 1.49. The Morgan fingerprint density at radius 3 is 1.88 bits per heavy atom. The Morgan fingerprint density at radius 1 is 1.00 bits per heavy atom. The minimum absolute atomic E-state index is 1.11. The van der Waals surface area contributed by atoms with Gasteiger partial charge in [0.2, 0.25) is 0 Å². The molecule has 0 N–H and O–H groups in total. The van der Waals surface area contributed by atoms with Gasteiger partial charge in [-0.1, -0.05) is 19.8 Å². The summed E-state index contributed by atoms with van der Waals surface area (Å²) < 4.78 is 0. The average molecular weight is 110 g/mol. The van der Waals surface area contributed by atoms with Crippen LogP contribution >= 0.6 is 0 Å². The fraction of sp³-hybridized carbons (Fsp3) is 1.00. The smallest absolute Gasteiger partial charge is 0.0355 e. The maximum Gasteiger partial charge on any atom is -0.0355 e. The first-order valence-corrected chi connectivity index (χ1v) is 3.89. The first-order chi connectivity index (χ1) is 3.89. The van der Waals surface area contributed by atoms with E-state index in [2.05, 4.69) is 6.92 Å². The van der Waals surface area contributed by atoms with Gasteiger partial charge in [0.15, 0.2) is 0 Å². The molecule has 2 aliphatic carbocycles. The van der Waals surface area contributed by atoms with Crippen molar-refractivity contribution in [3.8, 4) is 0 Å². The van der Waals surface area contributed by atoms with E-state index in [0.29, 0.717) is 0 Å². The van der Waals surface area contributed by atoms with Crippen molar-refractivity contribution in [2.45, 2.75) is 32.6 Å². The lowest BCUT2D eigenvalue weighted by molar-refractivity contribution is 0.480. The van der Waals surface area contributed by atoms with E-state index in [4.69, 9.17) is 0 Å². The van der Waals surface area contributed by atoms with Crippen molar-refractivity contribution in [2.75, 3.05) is 0 Å². The zero-order valence-corrected chi connectivity index (χ0v) is 5.56. The lowest BCUT2D eigenvalue weighted by Gasteiger charge is -2.05. The Kier molecular flexibility index (Phi) is 0.902. The van der Waals surface area contributed by atoms with Gasteiger partial charge in [-0.05, 0) is 30.6 Å². The molecule has 8 heavy (non-hydrogen) atoms. The maximum atomic E-state index is 2.42. The molecule has 0 radical (unpaired) electrons. The zero-order valence-electron chi connectivity index (χ0n) is 5.56. The van der Waals surface area contributed by atoms with E-state index < -0.39 is 0 Å². The summed E-state index contributed by atoms with van der Waals surface area (Å²) in [4.78, 5) is 0. The lowest BCUT2D eigenvalue weighted by Crippen LogP contribution is -1.91. The quantitative estimate of drug-likeness (QED) is 0.449. The van der Waals surface area contributed by atoms with Crippen LogP contribution in [0.4, 0.5) is 0 Å². The van der Waals surface area contributed by atoms with Crippen molar-refractivity contribution in [1.82, 2.24) is 0 Å². The molecule has 0 nitrogen and oxygen atoms in total. The summed E-state index contributed by atoms with van der Waals surface area (Å²) in [5.41, 5.74) is 0. The molecule has 0 bridgehead atoms. The molecule has 46 valence electrons. The highest BCUT2D eigenvalue weighted by atomic mass is 14.5. The molecule has 0 spiro atoms. The summed E-state index contributed by atoms with van der Waals surface area (Å²) in [7, 11) is 0. The van der Waals surface area contributed by atoms with Gasteiger partial charge in [0, 0.05) is 0 Å². The highest BCUT2D eigenvalue weighted by Crippen LogP contribution is 2.54. The number of hydrogen-bond donors (Lipinski definition) is 0. The topological polar surface area (TPSA) is 0 Å². The largest absolute Gasteiger partial charge is 0.0620 e. The van der Waals surface area contributed by atoms with Crippen LogP contribution in [0.5, 0.6) is 0 Å². The second-order valence-electron chi connectivity index (χ2n) is 3.47. The third-order valence-corrected chi connectivity index (χ3v) is 3.08. The molecule has 0 aromatic rings. The fourth-order valence-electron chi connectivity index (χ4n) is 2.35. The summed E-state index contributed by atoms with van der Waals surface area (Å²) in [6.07, 6.45) is 6.13. The number of rotatable bonds is 0. The number of hydrogen-bond acceptors (Lipinski definition) is 0. The Labute approximate surface area is 51.3 Å². The van der Waals surface area contributed by atoms with Crippen LogP contribution in [0.1, 0.15) is 32.6 Å². The van der Waals surface area contributed by atoms with Crippen LogP contribution in [0.2, 0.25) is 0 Å². The summed E-state index contributed by atoms with van der Waals surface area (Å²) in [5.74, 6) is 3.45. The van der Waals surface area contributed by atoms with E-state index in [-0.39, 0.29) is 0 Å². The maximum absolute atomic E-state index is 2.42. The lowest BCUT2D eigenvalue weighted by atomic mass is 10.0. The molecule has 0 saturated heterocycles. The Balaban J connectivity index is 1.97. The van der Waals surface area contributed by atoms with Crippen LogP contribution in [0.15, 0.2) is 0 Å².